The Hall–Kier alpha value is -3.09. The Morgan fingerprint density at radius 3 is 2.68 bits per heavy atom. The highest BCUT2D eigenvalue weighted by molar-refractivity contribution is 7.89. The van der Waals surface area contributed by atoms with Gasteiger partial charge in [-0.2, -0.15) is 19.6 Å². The zero-order valence-electron chi connectivity index (χ0n) is 19.0. The number of nitrogens with zero attached hydrogens (tertiary/aromatic N) is 7. The van der Waals surface area contributed by atoms with Crippen molar-refractivity contribution >= 4 is 22.2 Å². The van der Waals surface area contributed by atoms with Crippen molar-refractivity contribution in [2.75, 3.05) is 13.1 Å². The first-order valence-electron chi connectivity index (χ1n) is 11.1. The fourth-order valence-electron chi connectivity index (χ4n) is 4.32. The lowest BCUT2D eigenvalue weighted by molar-refractivity contribution is 0.307. The third-order valence-electron chi connectivity index (χ3n) is 6.11. The monoisotopic (exact) mass is 498 g/mol. The number of benzene rings is 1. The van der Waals surface area contributed by atoms with Crippen LogP contribution in [0.3, 0.4) is 0 Å². The van der Waals surface area contributed by atoms with Gasteiger partial charge in [0.1, 0.15) is 10.7 Å². The van der Waals surface area contributed by atoms with Crippen LogP contribution in [-0.2, 0) is 23.6 Å². The summed E-state index contributed by atoms with van der Waals surface area (Å²) in [4.78, 5) is 0.201. The van der Waals surface area contributed by atoms with Crippen LogP contribution in [0.2, 0.25) is 0 Å². The number of nitrogens with one attached hydrogen (secondary N) is 1. The standard InChI is InChI=1S/C22H26N8O2S2/c1-16-5-7-17(8-6-16)12-28-14-19(10-24-28)30-21(25-26-22(30)33)18-4-3-9-29(13-18)34(31,32)20-11-23-27(2)15-20/h5-8,10-11,14-15,18H,3-4,9,12-13H2,1-2H3,(H,26,33). The Labute approximate surface area is 202 Å². The van der Waals surface area contributed by atoms with Gasteiger partial charge in [0.2, 0.25) is 10.0 Å². The summed E-state index contributed by atoms with van der Waals surface area (Å²) in [6, 6.07) is 8.34. The highest BCUT2D eigenvalue weighted by Gasteiger charge is 2.34. The molecule has 12 heteroatoms. The minimum absolute atomic E-state index is 0.103. The fourth-order valence-corrected chi connectivity index (χ4v) is 6.07. The predicted molar refractivity (Wildman–Crippen MR) is 129 cm³/mol. The number of hydrogen-bond donors (Lipinski definition) is 1. The maximum Gasteiger partial charge on any atom is 0.246 e. The molecule has 1 fully saturated rings. The van der Waals surface area contributed by atoms with Crippen molar-refractivity contribution in [3.8, 4) is 5.69 Å². The van der Waals surface area contributed by atoms with E-state index >= 15 is 0 Å². The molecule has 1 saturated heterocycles. The summed E-state index contributed by atoms with van der Waals surface area (Å²) in [5.41, 5.74) is 3.17. The largest absolute Gasteiger partial charge is 0.274 e. The second kappa shape index (κ2) is 8.93. The molecule has 3 aromatic heterocycles. The summed E-state index contributed by atoms with van der Waals surface area (Å²) in [6.45, 7) is 3.50. The topological polar surface area (TPSA) is 107 Å². The van der Waals surface area contributed by atoms with Crippen molar-refractivity contribution in [1.82, 2.24) is 38.6 Å². The summed E-state index contributed by atoms with van der Waals surface area (Å²) in [5, 5.41) is 15.9. The van der Waals surface area contributed by atoms with Gasteiger partial charge in [-0.25, -0.2) is 8.42 Å². The number of aromatic nitrogens is 7. The number of piperidine rings is 1. The van der Waals surface area contributed by atoms with E-state index in [2.05, 4.69) is 51.6 Å². The van der Waals surface area contributed by atoms with E-state index in [1.807, 2.05) is 15.4 Å². The number of H-pyrrole nitrogens is 1. The van der Waals surface area contributed by atoms with E-state index in [0.717, 1.165) is 24.1 Å². The molecule has 0 saturated carbocycles. The molecule has 0 bridgehead atoms. The maximum absolute atomic E-state index is 13.1. The number of hydrogen-bond acceptors (Lipinski definition) is 6. The molecule has 1 aliphatic heterocycles. The molecule has 1 aliphatic rings. The zero-order valence-corrected chi connectivity index (χ0v) is 20.6. The zero-order chi connectivity index (χ0) is 23.9. The first-order chi connectivity index (χ1) is 16.3. The first-order valence-corrected chi connectivity index (χ1v) is 12.9. The Balaban J connectivity index is 1.40. The Kier molecular flexibility index (Phi) is 5.96. The molecule has 1 N–H and O–H groups in total. The highest BCUT2D eigenvalue weighted by Crippen LogP contribution is 2.30. The fraction of sp³-hybridized carbons (Fsp3) is 0.364. The van der Waals surface area contributed by atoms with Gasteiger partial charge in [0, 0.05) is 38.4 Å². The minimum atomic E-state index is -3.63. The van der Waals surface area contributed by atoms with Crippen LogP contribution >= 0.6 is 12.2 Å². The van der Waals surface area contributed by atoms with Gasteiger partial charge in [0.05, 0.1) is 24.6 Å². The summed E-state index contributed by atoms with van der Waals surface area (Å²) in [7, 11) is -1.92. The van der Waals surface area contributed by atoms with E-state index in [4.69, 9.17) is 12.2 Å². The molecular weight excluding hydrogens is 472 g/mol. The summed E-state index contributed by atoms with van der Waals surface area (Å²) >= 11 is 5.52. The Bertz CT molecular complexity index is 1460. The smallest absolute Gasteiger partial charge is 0.246 e. The predicted octanol–water partition coefficient (Wildman–Crippen LogP) is 2.78. The van der Waals surface area contributed by atoms with Crippen LogP contribution in [0.25, 0.3) is 5.69 Å². The van der Waals surface area contributed by atoms with Crippen molar-refractivity contribution in [2.24, 2.45) is 7.05 Å². The molecule has 4 aromatic rings. The molecular formula is C22H26N8O2S2. The van der Waals surface area contributed by atoms with Gasteiger partial charge in [0.25, 0.3) is 0 Å². The van der Waals surface area contributed by atoms with Crippen molar-refractivity contribution in [1.29, 1.82) is 0 Å². The molecule has 0 radical (unpaired) electrons. The molecule has 1 aromatic carbocycles. The molecule has 0 aliphatic carbocycles. The Morgan fingerprint density at radius 1 is 1.15 bits per heavy atom. The van der Waals surface area contributed by atoms with Crippen molar-refractivity contribution in [2.45, 2.75) is 37.1 Å². The summed E-state index contributed by atoms with van der Waals surface area (Å²) in [5.74, 6) is 0.611. The molecule has 10 nitrogen and oxygen atoms in total. The lowest BCUT2D eigenvalue weighted by Crippen LogP contribution is -2.39. The molecule has 4 heterocycles. The van der Waals surface area contributed by atoms with Gasteiger partial charge in [-0.05, 0) is 37.5 Å². The molecule has 0 amide bonds. The van der Waals surface area contributed by atoms with Gasteiger partial charge in [-0.3, -0.25) is 19.0 Å². The van der Waals surface area contributed by atoms with E-state index in [0.29, 0.717) is 30.2 Å². The highest BCUT2D eigenvalue weighted by atomic mass is 32.2. The van der Waals surface area contributed by atoms with Gasteiger partial charge in [-0.15, -0.1) is 0 Å². The molecule has 5 rings (SSSR count). The minimum Gasteiger partial charge on any atom is -0.274 e. The number of rotatable bonds is 6. The average Bonchev–Trinajstić information content (AvgIpc) is 3.55. The van der Waals surface area contributed by atoms with E-state index in [1.54, 1.807) is 13.2 Å². The van der Waals surface area contributed by atoms with E-state index in [1.165, 1.54) is 26.9 Å². The third-order valence-corrected chi connectivity index (χ3v) is 8.20. The van der Waals surface area contributed by atoms with Crippen LogP contribution in [0.1, 0.15) is 35.7 Å². The third kappa shape index (κ3) is 4.36. The van der Waals surface area contributed by atoms with Crippen LogP contribution in [0, 0.1) is 11.7 Å². The van der Waals surface area contributed by atoms with Crippen LogP contribution in [0.4, 0.5) is 0 Å². The SMILES string of the molecule is Cc1ccc(Cn2cc(-n3c(C4CCCN(S(=O)(=O)c5cnn(C)c5)C4)n[nH]c3=S)cn2)cc1. The van der Waals surface area contributed by atoms with E-state index in [9.17, 15) is 8.42 Å². The molecule has 1 unspecified atom stereocenters. The van der Waals surface area contributed by atoms with Crippen LogP contribution in [0.5, 0.6) is 0 Å². The lowest BCUT2D eigenvalue weighted by atomic mass is 9.99. The number of aryl methyl sites for hydroxylation is 2. The van der Waals surface area contributed by atoms with Gasteiger partial charge in [-0.1, -0.05) is 29.8 Å². The summed E-state index contributed by atoms with van der Waals surface area (Å²) < 4.78 is 33.5. The molecule has 0 spiro atoms. The van der Waals surface area contributed by atoms with E-state index in [-0.39, 0.29) is 10.8 Å². The van der Waals surface area contributed by atoms with Gasteiger partial charge >= 0.3 is 0 Å². The first kappa shape index (κ1) is 22.7. The second-order valence-electron chi connectivity index (χ2n) is 8.66. The second-order valence-corrected chi connectivity index (χ2v) is 11.0. The summed E-state index contributed by atoms with van der Waals surface area (Å²) in [6.07, 6.45) is 8.15. The quantitative estimate of drug-likeness (QED) is 0.410. The molecule has 1 atom stereocenters. The van der Waals surface area contributed by atoms with Crippen LogP contribution in [0.15, 0.2) is 53.9 Å². The normalized spacial score (nSPS) is 17.3. The maximum atomic E-state index is 13.1. The van der Waals surface area contributed by atoms with Crippen molar-refractivity contribution < 1.29 is 8.42 Å². The van der Waals surface area contributed by atoms with Crippen molar-refractivity contribution in [3.05, 3.63) is 70.8 Å². The van der Waals surface area contributed by atoms with Gasteiger partial charge in [0.15, 0.2) is 4.77 Å². The average molecular weight is 499 g/mol. The number of sulfonamides is 1. The number of aromatic amines is 1. The van der Waals surface area contributed by atoms with Crippen LogP contribution in [-0.4, -0.2) is 60.1 Å². The molecule has 34 heavy (non-hydrogen) atoms. The van der Waals surface area contributed by atoms with Crippen LogP contribution < -0.4 is 0 Å². The molecule has 178 valence electrons. The Morgan fingerprint density at radius 2 is 1.94 bits per heavy atom. The van der Waals surface area contributed by atoms with Gasteiger partial charge < -0.3 is 0 Å². The van der Waals surface area contributed by atoms with Crippen molar-refractivity contribution in [3.63, 3.8) is 0 Å². The van der Waals surface area contributed by atoms with E-state index < -0.39 is 10.0 Å². The lowest BCUT2D eigenvalue weighted by Gasteiger charge is -2.31.